The number of allylic oxidation sites excluding steroid dienone is 1. The topological polar surface area (TPSA) is 108 Å². The third-order valence-electron chi connectivity index (χ3n) is 5.85. The molecule has 8 nitrogen and oxygen atoms in total. The van der Waals surface area contributed by atoms with Crippen molar-refractivity contribution >= 4 is 23.3 Å². The number of hydrogen-bond acceptors (Lipinski definition) is 7. The molecule has 8 heteroatoms. The van der Waals surface area contributed by atoms with Gasteiger partial charge in [-0.2, -0.15) is 0 Å². The number of ether oxygens (including phenoxy) is 2. The van der Waals surface area contributed by atoms with Crippen LogP contribution in [0, 0.1) is 16.0 Å². The lowest BCUT2D eigenvalue weighted by Gasteiger charge is -2.32. The van der Waals surface area contributed by atoms with Crippen LogP contribution in [-0.4, -0.2) is 35.3 Å². The number of nitro groups is 1. The van der Waals surface area contributed by atoms with Gasteiger partial charge in [-0.1, -0.05) is 18.6 Å². The maximum Gasteiger partial charge on any atom is 0.336 e. The van der Waals surface area contributed by atoms with Gasteiger partial charge in [-0.25, -0.2) is 4.79 Å². The smallest absolute Gasteiger partial charge is 0.336 e. The molecule has 1 fully saturated rings. The monoisotopic (exact) mass is 428 g/mol. The normalized spacial score (nSPS) is 22.0. The van der Waals surface area contributed by atoms with E-state index in [4.69, 9.17) is 9.47 Å². The first kappa shape index (κ1) is 22.7. The summed E-state index contributed by atoms with van der Waals surface area (Å²) >= 11 is 0. The number of aliphatic imine (C=N–C) groups is 1. The Hall–Kier alpha value is -3.03. The van der Waals surface area contributed by atoms with Crippen molar-refractivity contribution < 1.29 is 24.0 Å². The van der Waals surface area contributed by atoms with E-state index in [2.05, 4.69) is 4.99 Å². The van der Waals surface area contributed by atoms with Gasteiger partial charge in [0.2, 0.25) is 0 Å². The molecule has 1 aromatic carbocycles. The van der Waals surface area contributed by atoms with Gasteiger partial charge in [0.25, 0.3) is 5.69 Å². The molecule has 31 heavy (non-hydrogen) atoms. The van der Waals surface area contributed by atoms with Crippen LogP contribution < -0.4 is 0 Å². The lowest BCUT2D eigenvalue weighted by molar-refractivity contribution is -0.384. The van der Waals surface area contributed by atoms with Gasteiger partial charge >= 0.3 is 11.9 Å². The van der Waals surface area contributed by atoms with E-state index in [1.54, 1.807) is 32.9 Å². The molecule has 1 aliphatic carbocycles. The lowest BCUT2D eigenvalue weighted by atomic mass is 9.75. The van der Waals surface area contributed by atoms with Gasteiger partial charge in [0.05, 0.1) is 17.1 Å². The molecule has 0 N–H and O–H groups in total. The summed E-state index contributed by atoms with van der Waals surface area (Å²) in [4.78, 5) is 41.4. The summed E-state index contributed by atoms with van der Waals surface area (Å²) in [5, 5.41) is 11.3. The van der Waals surface area contributed by atoms with Gasteiger partial charge in [0.15, 0.2) is 0 Å². The molecular weight excluding hydrogens is 400 g/mol. The van der Waals surface area contributed by atoms with E-state index in [0.29, 0.717) is 17.0 Å². The van der Waals surface area contributed by atoms with E-state index in [1.807, 2.05) is 0 Å². The highest BCUT2D eigenvalue weighted by Crippen LogP contribution is 2.41. The van der Waals surface area contributed by atoms with Crippen molar-refractivity contribution in [3.8, 4) is 0 Å². The highest BCUT2D eigenvalue weighted by molar-refractivity contribution is 6.07. The highest BCUT2D eigenvalue weighted by Gasteiger charge is 2.43. The Balaban J connectivity index is 2.06. The van der Waals surface area contributed by atoms with Crippen molar-refractivity contribution in [2.75, 3.05) is 6.61 Å². The molecule has 1 aliphatic heterocycles. The van der Waals surface area contributed by atoms with Gasteiger partial charge in [-0.3, -0.25) is 19.9 Å². The van der Waals surface area contributed by atoms with E-state index in [1.165, 1.54) is 12.1 Å². The highest BCUT2D eigenvalue weighted by atomic mass is 16.6. The van der Waals surface area contributed by atoms with Gasteiger partial charge in [-0.15, -0.1) is 0 Å². The van der Waals surface area contributed by atoms with Gasteiger partial charge in [0, 0.05) is 29.5 Å². The fraction of sp³-hybridized carbons (Fsp3) is 0.522. The molecule has 2 unspecified atom stereocenters. The number of hydrogen-bond donors (Lipinski definition) is 0. The van der Waals surface area contributed by atoms with Crippen LogP contribution in [0.25, 0.3) is 0 Å². The molecule has 1 heterocycles. The molecule has 0 bridgehead atoms. The van der Waals surface area contributed by atoms with Crippen LogP contribution in [0.4, 0.5) is 5.69 Å². The van der Waals surface area contributed by atoms with Crippen LogP contribution in [0.3, 0.4) is 0 Å². The van der Waals surface area contributed by atoms with E-state index >= 15 is 0 Å². The minimum absolute atomic E-state index is 0.113. The van der Waals surface area contributed by atoms with Crippen LogP contribution in [0.15, 0.2) is 40.5 Å². The maximum absolute atomic E-state index is 13.3. The van der Waals surface area contributed by atoms with E-state index in [9.17, 15) is 19.7 Å². The summed E-state index contributed by atoms with van der Waals surface area (Å²) in [7, 11) is 0. The number of esters is 2. The Morgan fingerprint density at radius 2 is 1.90 bits per heavy atom. The second-order valence-electron chi connectivity index (χ2n) is 7.98. The molecule has 166 valence electrons. The first-order valence-electron chi connectivity index (χ1n) is 10.7. The SMILES string of the molecule is CCOC(=O)C1C(C)=NC(C)=C(C(=O)OC2CCCCC2)C1c1cccc([N+](=O)[O-])c1. The predicted molar refractivity (Wildman–Crippen MR) is 115 cm³/mol. The molecule has 0 radical (unpaired) electrons. The minimum Gasteiger partial charge on any atom is -0.465 e. The fourth-order valence-corrected chi connectivity index (χ4v) is 4.43. The quantitative estimate of drug-likeness (QED) is 0.375. The van der Waals surface area contributed by atoms with Gasteiger partial charge < -0.3 is 9.47 Å². The Bertz CT molecular complexity index is 930. The third-order valence-corrected chi connectivity index (χ3v) is 5.85. The van der Waals surface area contributed by atoms with Gasteiger partial charge in [0.1, 0.15) is 12.0 Å². The zero-order valence-electron chi connectivity index (χ0n) is 18.1. The van der Waals surface area contributed by atoms with E-state index in [-0.39, 0.29) is 24.0 Å². The van der Waals surface area contributed by atoms with Crippen molar-refractivity contribution in [2.45, 2.75) is 64.9 Å². The molecule has 0 spiro atoms. The molecule has 1 aromatic rings. The summed E-state index contributed by atoms with van der Waals surface area (Å²) in [6.45, 7) is 5.29. The summed E-state index contributed by atoms with van der Waals surface area (Å²) < 4.78 is 11.1. The van der Waals surface area contributed by atoms with Crippen molar-refractivity contribution in [3.05, 3.63) is 51.2 Å². The largest absolute Gasteiger partial charge is 0.465 e. The Labute approximate surface area is 181 Å². The number of benzene rings is 1. The number of rotatable bonds is 6. The summed E-state index contributed by atoms with van der Waals surface area (Å²) in [5.74, 6) is -2.67. The van der Waals surface area contributed by atoms with Crippen LogP contribution in [0.1, 0.15) is 64.4 Å². The summed E-state index contributed by atoms with van der Waals surface area (Å²) in [6, 6.07) is 6.01. The van der Waals surface area contributed by atoms with Crippen molar-refractivity contribution in [3.63, 3.8) is 0 Å². The number of non-ortho nitro benzene ring substituents is 1. The third kappa shape index (κ3) is 5.00. The first-order chi connectivity index (χ1) is 14.8. The maximum atomic E-state index is 13.3. The first-order valence-corrected chi connectivity index (χ1v) is 10.7. The lowest BCUT2D eigenvalue weighted by Crippen LogP contribution is -2.37. The number of nitro benzene ring substituents is 1. The zero-order valence-corrected chi connectivity index (χ0v) is 18.1. The average molecular weight is 428 g/mol. The summed E-state index contributed by atoms with van der Waals surface area (Å²) in [5.41, 5.74) is 1.58. The fourth-order valence-electron chi connectivity index (χ4n) is 4.43. The average Bonchev–Trinajstić information content (AvgIpc) is 2.74. The number of carbonyl (C=O) groups excluding carboxylic acids is 2. The van der Waals surface area contributed by atoms with Crippen molar-refractivity contribution in [1.29, 1.82) is 0 Å². The number of carbonyl (C=O) groups is 2. The standard InChI is InChI=1S/C23H28N2O6/c1-4-30-22(26)19-14(2)24-15(3)20(23(27)31-18-11-6-5-7-12-18)21(19)16-9-8-10-17(13-16)25(28)29/h8-10,13,18-19,21H,4-7,11-12H2,1-3H3. The molecule has 3 rings (SSSR count). The van der Waals surface area contributed by atoms with E-state index < -0.39 is 28.7 Å². The molecule has 2 aliphatic rings. The molecule has 2 atom stereocenters. The zero-order chi connectivity index (χ0) is 22.5. The molecule has 0 amide bonds. The molecule has 1 saturated carbocycles. The van der Waals surface area contributed by atoms with Crippen molar-refractivity contribution in [1.82, 2.24) is 0 Å². The molecular formula is C23H28N2O6. The van der Waals surface area contributed by atoms with Gasteiger partial charge in [-0.05, 0) is 52.0 Å². The van der Waals surface area contributed by atoms with Crippen molar-refractivity contribution in [2.24, 2.45) is 10.9 Å². The predicted octanol–water partition coefficient (Wildman–Crippen LogP) is 4.48. The second kappa shape index (κ2) is 9.85. The Kier molecular flexibility index (Phi) is 7.20. The van der Waals surface area contributed by atoms with Crippen LogP contribution in [-0.2, 0) is 19.1 Å². The molecule has 0 saturated heterocycles. The second-order valence-corrected chi connectivity index (χ2v) is 7.98. The Morgan fingerprint density at radius 3 is 2.55 bits per heavy atom. The Morgan fingerprint density at radius 1 is 1.19 bits per heavy atom. The molecule has 0 aromatic heterocycles. The minimum atomic E-state index is -0.862. The number of nitrogens with zero attached hydrogens (tertiary/aromatic N) is 2. The van der Waals surface area contributed by atoms with Crippen LogP contribution >= 0.6 is 0 Å². The van der Waals surface area contributed by atoms with E-state index in [0.717, 1.165) is 32.1 Å². The summed E-state index contributed by atoms with van der Waals surface area (Å²) in [6.07, 6.45) is 4.59. The van der Waals surface area contributed by atoms with Crippen LogP contribution in [0.5, 0.6) is 0 Å². The van der Waals surface area contributed by atoms with Crippen LogP contribution in [0.2, 0.25) is 0 Å².